The summed E-state index contributed by atoms with van der Waals surface area (Å²) in [5.41, 5.74) is 1.08. The van der Waals surface area contributed by atoms with Gasteiger partial charge in [0.1, 0.15) is 5.82 Å². The molecule has 0 radical (unpaired) electrons. The maximum absolute atomic E-state index is 13.1. The fourth-order valence-electron chi connectivity index (χ4n) is 3.16. The zero-order chi connectivity index (χ0) is 24.8. The highest BCUT2D eigenvalue weighted by molar-refractivity contribution is 14.1. The fourth-order valence-corrected chi connectivity index (χ4v) is 4.30. The molecule has 0 aliphatic carbocycles. The molecule has 3 rings (SSSR count). The molecule has 0 fully saturated rings. The molecular weight excluding hydrogens is 617 g/mol. The van der Waals surface area contributed by atoms with Crippen molar-refractivity contribution in [3.05, 3.63) is 60.1 Å². The summed E-state index contributed by atoms with van der Waals surface area (Å²) in [6, 6.07) is 8.98. The molecule has 0 atom stereocenters. The smallest absolute Gasteiger partial charge is 0.344 e. The van der Waals surface area contributed by atoms with E-state index in [-0.39, 0.29) is 18.3 Å². The van der Waals surface area contributed by atoms with E-state index in [1.165, 1.54) is 4.68 Å². The first-order valence-corrected chi connectivity index (χ1v) is 12.6. The number of fused-ring (bicyclic) bond motifs is 1. The number of hydrogen-bond acceptors (Lipinski definition) is 7. The van der Waals surface area contributed by atoms with E-state index < -0.39 is 5.97 Å². The summed E-state index contributed by atoms with van der Waals surface area (Å²) < 4.78 is 19.4. The molecule has 0 aliphatic heterocycles. The van der Waals surface area contributed by atoms with Gasteiger partial charge in [0.05, 0.1) is 33.4 Å². The van der Waals surface area contributed by atoms with Crippen molar-refractivity contribution in [2.24, 2.45) is 5.10 Å². The van der Waals surface area contributed by atoms with Crippen LogP contribution in [0.2, 0.25) is 0 Å². The highest BCUT2D eigenvalue weighted by Gasteiger charge is 2.15. The number of carbonyl (C=O) groups is 1. The lowest BCUT2D eigenvalue weighted by Crippen LogP contribution is -2.22. The Bertz CT molecular complexity index is 1290. The summed E-state index contributed by atoms with van der Waals surface area (Å²) >= 11 is 5.51. The van der Waals surface area contributed by atoms with Crippen molar-refractivity contribution in [1.29, 1.82) is 0 Å². The molecule has 0 aliphatic rings. The number of benzene rings is 2. The van der Waals surface area contributed by atoms with Crippen LogP contribution in [0.5, 0.6) is 11.5 Å². The number of aromatic nitrogens is 2. The molecule has 8 nitrogen and oxygen atoms in total. The molecule has 180 valence electrons. The quantitative estimate of drug-likeness (QED) is 0.187. The fraction of sp³-hybridized carbons (Fsp3) is 0.333. The second kappa shape index (κ2) is 11.8. The van der Waals surface area contributed by atoms with E-state index in [9.17, 15) is 9.59 Å². The molecule has 0 amide bonds. The summed E-state index contributed by atoms with van der Waals surface area (Å²) in [6.07, 6.45) is 1.90. The monoisotopic (exact) mass is 641 g/mol. The van der Waals surface area contributed by atoms with Crippen molar-refractivity contribution >= 4 is 61.6 Å². The van der Waals surface area contributed by atoms with Gasteiger partial charge in [-0.05, 0) is 79.3 Å². The lowest BCUT2D eigenvalue weighted by molar-refractivity contribution is -0.149. The third-order valence-corrected chi connectivity index (χ3v) is 5.84. The second-order valence-electron chi connectivity index (χ2n) is 7.49. The summed E-state index contributed by atoms with van der Waals surface area (Å²) in [4.78, 5) is 29.6. The van der Waals surface area contributed by atoms with Crippen molar-refractivity contribution in [3.8, 4) is 11.5 Å². The van der Waals surface area contributed by atoms with Crippen molar-refractivity contribution in [1.82, 2.24) is 9.66 Å². The number of esters is 1. The average molecular weight is 642 g/mol. The second-order valence-corrected chi connectivity index (χ2v) is 9.57. The zero-order valence-corrected chi connectivity index (χ0v) is 23.0. The zero-order valence-electron chi connectivity index (χ0n) is 19.3. The molecule has 0 saturated carbocycles. The molecular formula is C24H25BrIN3O5. The first kappa shape index (κ1) is 26.1. The molecule has 1 heterocycles. The van der Waals surface area contributed by atoms with Crippen LogP contribution in [0.3, 0.4) is 0 Å². The van der Waals surface area contributed by atoms with Gasteiger partial charge in [0, 0.05) is 10.9 Å². The van der Waals surface area contributed by atoms with Gasteiger partial charge in [-0.15, -0.1) is 0 Å². The summed E-state index contributed by atoms with van der Waals surface area (Å²) in [6.45, 7) is 7.52. The minimum Gasteiger partial charge on any atom is -0.490 e. The van der Waals surface area contributed by atoms with Gasteiger partial charge in [0.25, 0.3) is 5.56 Å². The van der Waals surface area contributed by atoms with E-state index in [1.54, 1.807) is 38.3 Å². The van der Waals surface area contributed by atoms with E-state index in [0.717, 1.165) is 8.04 Å². The van der Waals surface area contributed by atoms with E-state index in [1.807, 2.05) is 26.0 Å². The van der Waals surface area contributed by atoms with Crippen molar-refractivity contribution in [2.75, 3.05) is 13.2 Å². The third kappa shape index (κ3) is 6.35. The topological polar surface area (TPSA) is 92.0 Å². The van der Waals surface area contributed by atoms with Crippen LogP contribution in [-0.2, 0) is 16.0 Å². The van der Waals surface area contributed by atoms with E-state index in [2.05, 4.69) is 48.6 Å². The van der Waals surface area contributed by atoms with Crippen LogP contribution >= 0.6 is 38.5 Å². The number of halogens is 2. The molecule has 0 unspecified atom stereocenters. The van der Waals surface area contributed by atoms with Crippen molar-refractivity contribution in [2.45, 2.75) is 40.2 Å². The lowest BCUT2D eigenvalue weighted by Gasteiger charge is -2.15. The molecule has 3 aromatic rings. The Morgan fingerprint density at radius 1 is 1.24 bits per heavy atom. The predicted octanol–water partition coefficient (Wildman–Crippen LogP) is 4.94. The summed E-state index contributed by atoms with van der Waals surface area (Å²) in [5, 5.41) is 4.91. The van der Waals surface area contributed by atoms with Crippen molar-refractivity contribution in [3.63, 3.8) is 0 Å². The van der Waals surface area contributed by atoms with Crippen LogP contribution in [0, 0.1) is 3.57 Å². The van der Waals surface area contributed by atoms with Crippen LogP contribution in [0.4, 0.5) is 0 Å². The van der Waals surface area contributed by atoms with Crippen LogP contribution in [0.1, 0.15) is 39.1 Å². The van der Waals surface area contributed by atoms with Gasteiger partial charge >= 0.3 is 5.97 Å². The Morgan fingerprint density at radius 2 is 2.00 bits per heavy atom. The van der Waals surface area contributed by atoms with Gasteiger partial charge in [-0.1, -0.05) is 22.9 Å². The SMILES string of the molecule is CCOc1cc(C=Nn2c(CC)nc3ccc(Br)cc3c2=O)cc(I)c1OCC(=O)OC(C)C. The lowest BCUT2D eigenvalue weighted by atomic mass is 10.2. The first-order chi connectivity index (χ1) is 16.2. The van der Waals surface area contributed by atoms with Crippen LogP contribution < -0.4 is 15.0 Å². The van der Waals surface area contributed by atoms with Gasteiger partial charge in [-0.3, -0.25) is 4.79 Å². The highest BCUT2D eigenvalue weighted by atomic mass is 127. The Balaban J connectivity index is 1.96. The number of rotatable bonds is 9. The van der Waals surface area contributed by atoms with Crippen LogP contribution in [0.25, 0.3) is 10.9 Å². The van der Waals surface area contributed by atoms with Gasteiger partial charge in [-0.25, -0.2) is 9.78 Å². The molecule has 34 heavy (non-hydrogen) atoms. The predicted molar refractivity (Wildman–Crippen MR) is 143 cm³/mol. The standard InChI is InChI=1S/C24H25BrIN3O5/c1-5-21-28-19-8-7-16(25)11-17(19)24(31)29(21)27-12-15-9-18(26)23(20(10-15)32-6-2)33-13-22(30)34-14(3)4/h7-12,14H,5-6,13H2,1-4H3. The van der Waals surface area contributed by atoms with Gasteiger partial charge < -0.3 is 14.2 Å². The van der Waals surface area contributed by atoms with Gasteiger partial charge in [-0.2, -0.15) is 9.78 Å². The van der Waals surface area contributed by atoms with Gasteiger partial charge in [0.15, 0.2) is 18.1 Å². The Morgan fingerprint density at radius 3 is 2.68 bits per heavy atom. The number of carbonyl (C=O) groups excluding carboxylic acids is 1. The van der Waals surface area contributed by atoms with Crippen LogP contribution in [0.15, 0.2) is 44.7 Å². The highest BCUT2D eigenvalue weighted by Crippen LogP contribution is 2.34. The van der Waals surface area contributed by atoms with Crippen LogP contribution in [-0.4, -0.2) is 41.2 Å². The number of nitrogens with zero attached hydrogens (tertiary/aromatic N) is 3. The van der Waals surface area contributed by atoms with Crippen molar-refractivity contribution < 1.29 is 19.0 Å². The minimum atomic E-state index is -0.458. The number of aryl methyl sites for hydroxylation is 1. The maximum atomic E-state index is 13.1. The molecule has 2 aromatic carbocycles. The molecule has 1 aromatic heterocycles. The van der Waals surface area contributed by atoms with E-state index >= 15 is 0 Å². The molecule has 0 saturated heterocycles. The number of ether oxygens (including phenoxy) is 3. The summed E-state index contributed by atoms with van der Waals surface area (Å²) in [7, 11) is 0. The Hall–Kier alpha value is -2.47. The van der Waals surface area contributed by atoms with Gasteiger partial charge in [0.2, 0.25) is 0 Å². The summed E-state index contributed by atoms with van der Waals surface area (Å²) in [5.74, 6) is 1.01. The number of hydrogen-bond donors (Lipinski definition) is 0. The third-order valence-electron chi connectivity index (χ3n) is 4.55. The normalized spacial score (nSPS) is 11.4. The largest absolute Gasteiger partial charge is 0.490 e. The average Bonchev–Trinajstić information content (AvgIpc) is 2.77. The first-order valence-electron chi connectivity index (χ1n) is 10.8. The van der Waals surface area contributed by atoms with E-state index in [0.29, 0.717) is 46.8 Å². The van der Waals surface area contributed by atoms with E-state index in [4.69, 9.17) is 14.2 Å². The molecule has 10 heteroatoms. The Kier molecular flexibility index (Phi) is 9.06. The maximum Gasteiger partial charge on any atom is 0.344 e. The Labute approximate surface area is 219 Å². The molecule has 0 N–H and O–H groups in total. The molecule has 0 bridgehead atoms. The molecule has 0 spiro atoms. The minimum absolute atomic E-state index is 0.220.